The summed E-state index contributed by atoms with van der Waals surface area (Å²) in [7, 11) is 0. The Bertz CT molecular complexity index is 566. The van der Waals surface area contributed by atoms with Gasteiger partial charge in [0.05, 0.1) is 11.6 Å². The fraction of sp³-hybridized carbons (Fsp3) is 0.533. The Kier molecular flexibility index (Phi) is 3.31. The number of hydrogen-bond acceptors (Lipinski definition) is 4. The quantitative estimate of drug-likeness (QED) is 0.892. The molecule has 2 heterocycles. The third-order valence-electron chi connectivity index (χ3n) is 4.51. The van der Waals surface area contributed by atoms with E-state index in [1.807, 2.05) is 4.90 Å². The first-order chi connectivity index (χ1) is 9.70. The summed E-state index contributed by atoms with van der Waals surface area (Å²) in [6.07, 6.45) is 6.73. The van der Waals surface area contributed by atoms with Gasteiger partial charge >= 0.3 is 5.97 Å². The minimum atomic E-state index is -0.788. The lowest BCUT2D eigenvalue weighted by molar-refractivity contribution is -0.138. The maximum Gasteiger partial charge on any atom is 0.326 e. The van der Waals surface area contributed by atoms with E-state index in [0.29, 0.717) is 23.7 Å². The van der Waals surface area contributed by atoms with Gasteiger partial charge in [0.2, 0.25) is 0 Å². The molecule has 2 aliphatic rings. The molecular formula is C15H17N3O2. The van der Waals surface area contributed by atoms with Gasteiger partial charge in [0.15, 0.2) is 0 Å². The van der Waals surface area contributed by atoms with E-state index in [1.54, 1.807) is 18.3 Å². The third kappa shape index (κ3) is 2.11. The van der Waals surface area contributed by atoms with Gasteiger partial charge in [0, 0.05) is 12.2 Å². The zero-order chi connectivity index (χ0) is 14.1. The molecule has 0 radical (unpaired) electrons. The number of nitrogens with zero attached hydrogens (tertiary/aromatic N) is 3. The maximum absolute atomic E-state index is 11.5. The van der Waals surface area contributed by atoms with Crippen LogP contribution >= 0.6 is 0 Å². The zero-order valence-corrected chi connectivity index (χ0v) is 11.2. The van der Waals surface area contributed by atoms with Crippen molar-refractivity contribution in [3.8, 4) is 6.07 Å². The number of anilines is 1. The molecule has 2 fully saturated rings. The lowest BCUT2D eigenvalue weighted by Gasteiger charge is -2.33. The van der Waals surface area contributed by atoms with Crippen molar-refractivity contribution < 1.29 is 9.90 Å². The topological polar surface area (TPSA) is 77.2 Å². The van der Waals surface area contributed by atoms with Crippen molar-refractivity contribution in [1.82, 2.24) is 4.98 Å². The molecule has 1 aromatic rings. The Balaban J connectivity index is 1.98. The van der Waals surface area contributed by atoms with Crippen LogP contribution in [0.25, 0.3) is 0 Å². The van der Waals surface area contributed by atoms with Crippen LogP contribution < -0.4 is 4.90 Å². The minimum Gasteiger partial charge on any atom is -0.480 e. The molecule has 104 valence electrons. The second kappa shape index (κ2) is 5.12. The number of carbonyl (C=O) groups is 1. The molecule has 1 aromatic heterocycles. The van der Waals surface area contributed by atoms with E-state index >= 15 is 0 Å². The Morgan fingerprint density at radius 1 is 1.45 bits per heavy atom. The lowest BCUT2D eigenvalue weighted by Crippen LogP contribution is -2.42. The standard InChI is InChI=1S/C15H17N3O2/c16-9-10-5-6-17-14(7-10)18-12-4-2-1-3-11(12)8-13(18)15(19)20/h5-7,11-13H,1-4,8H2,(H,19,20). The Hall–Kier alpha value is -2.09. The van der Waals surface area contributed by atoms with E-state index in [2.05, 4.69) is 11.1 Å². The molecule has 0 spiro atoms. The van der Waals surface area contributed by atoms with Crippen molar-refractivity contribution in [3.05, 3.63) is 23.9 Å². The van der Waals surface area contributed by atoms with Gasteiger partial charge < -0.3 is 10.0 Å². The summed E-state index contributed by atoms with van der Waals surface area (Å²) >= 11 is 0. The normalized spacial score (nSPS) is 28.8. The molecule has 0 amide bonds. The molecule has 1 N–H and O–H groups in total. The van der Waals surface area contributed by atoms with Gasteiger partial charge in [-0.2, -0.15) is 5.26 Å². The molecule has 1 saturated heterocycles. The van der Waals surface area contributed by atoms with Gasteiger partial charge in [-0.3, -0.25) is 0 Å². The van der Waals surface area contributed by atoms with Gasteiger partial charge in [-0.05, 0) is 37.3 Å². The van der Waals surface area contributed by atoms with Crippen LogP contribution in [0.5, 0.6) is 0 Å². The summed E-state index contributed by atoms with van der Waals surface area (Å²) < 4.78 is 0. The number of carboxylic acid groups (broad SMARTS) is 1. The summed E-state index contributed by atoms with van der Waals surface area (Å²) in [6.45, 7) is 0. The van der Waals surface area contributed by atoms with Crippen LogP contribution in [0.1, 0.15) is 37.7 Å². The van der Waals surface area contributed by atoms with Crippen molar-refractivity contribution in [2.75, 3.05) is 4.90 Å². The molecule has 3 rings (SSSR count). The number of hydrogen-bond donors (Lipinski definition) is 1. The average molecular weight is 271 g/mol. The van der Waals surface area contributed by atoms with E-state index in [-0.39, 0.29) is 6.04 Å². The molecule has 1 saturated carbocycles. The van der Waals surface area contributed by atoms with Gasteiger partial charge in [0.1, 0.15) is 11.9 Å². The first-order valence-corrected chi connectivity index (χ1v) is 7.08. The SMILES string of the molecule is N#Cc1ccnc(N2C(C(=O)O)CC3CCCCC32)c1. The van der Waals surface area contributed by atoms with Crippen molar-refractivity contribution >= 4 is 11.8 Å². The number of fused-ring (bicyclic) bond motifs is 1. The van der Waals surface area contributed by atoms with Crippen LogP contribution in [0.4, 0.5) is 5.82 Å². The highest BCUT2D eigenvalue weighted by molar-refractivity contribution is 5.79. The summed E-state index contributed by atoms with van der Waals surface area (Å²) in [5.41, 5.74) is 0.526. The largest absolute Gasteiger partial charge is 0.480 e. The fourth-order valence-corrected chi connectivity index (χ4v) is 3.64. The lowest BCUT2D eigenvalue weighted by atomic mass is 9.85. The molecular weight excluding hydrogens is 254 g/mol. The number of nitriles is 1. The van der Waals surface area contributed by atoms with Crippen LogP contribution in [-0.2, 0) is 4.79 Å². The first-order valence-electron chi connectivity index (χ1n) is 7.08. The molecule has 5 heteroatoms. The van der Waals surface area contributed by atoms with E-state index in [1.165, 1.54) is 6.42 Å². The van der Waals surface area contributed by atoms with Crippen LogP contribution in [0.2, 0.25) is 0 Å². The van der Waals surface area contributed by atoms with E-state index in [0.717, 1.165) is 19.3 Å². The van der Waals surface area contributed by atoms with E-state index in [4.69, 9.17) is 5.26 Å². The van der Waals surface area contributed by atoms with Crippen LogP contribution in [0, 0.1) is 17.2 Å². The maximum atomic E-state index is 11.5. The summed E-state index contributed by atoms with van der Waals surface area (Å²) in [4.78, 5) is 17.8. The van der Waals surface area contributed by atoms with Crippen molar-refractivity contribution in [1.29, 1.82) is 5.26 Å². The number of aliphatic carboxylic acids is 1. The van der Waals surface area contributed by atoms with Gasteiger partial charge in [-0.25, -0.2) is 9.78 Å². The molecule has 0 aromatic carbocycles. The molecule has 1 aliphatic heterocycles. The molecule has 3 atom stereocenters. The Morgan fingerprint density at radius 2 is 2.25 bits per heavy atom. The fourth-order valence-electron chi connectivity index (χ4n) is 3.64. The second-order valence-corrected chi connectivity index (χ2v) is 5.62. The first kappa shape index (κ1) is 12.9. The highest BCUT2D eigenvalue weighted by atomic mass is 16.4. The molecule has 1 aliphatic carbocycles. The van der Waals surface area contributed by atoms with Crippen molar-refractivity contribution in [2.24, 2.45) is 5.92 Å². The summed E-state index contributed by atoms with van der Waals surface area (Å²) in [5.74, 6) is 0.284. The van der Waals surface area contributed by atoms with Gasteiger partial charge in [0.25, 0.3) is 0 Å². The number of rotatable bonds is 2. The summed E-state index contributed by atoms with van der Waals surface area (Å²) in [5, 5.41) is 18.5. The van der Waals surface area contributed by atoms with Gasteiger partial charge in [-0.1, -0.05) is 12.8 Å². The zero-order valence-electron chi connectivity index (χ0n) is 11.2. The van der Waals surface area contributed by atoms with E-state index in [9.17, 15) is 9.90 Å². The van der Waals surface area contributed by atoms with Crippen LogP contribution in [0.15, 0.2) is 18.3 Å². The molecule has 20 heavy (non-hydrogen) atoms. The Morgan fingerprint density at radius 3 is 3.00 bits per heavy atom. The smallest absolute Gasteiger partial charge is 0.326 e. The monoisotopic (exact) mass is 271 g/mol. The van der Waals surface area contributed by atoms with Crippen LogP contribution in [0.3, 0.4) is 0 Å². The average Bonchev–Trinajstić information content (AvgIpc) is 2.87. The molecule has 3 unspecified atom stereocenters. The number of aromatic nitrogens is 1. The van der Waals surface area contributed by atoms with E-state index < -0.39 is 12.0 Å². The predicted molar refractivity (Wildman–Crippen MR) is 73.2 cm³/mol. The van der Waals surface area contributed by atoms with Crippen LogP contribution in [-0.4, -0.2) is 28.1 Å². The van der Waals surface area contributed by atoms with Crippen molar-refractivity contribution in [2.45, 2.75) is 44.2 Å². The molecule has 0 bridgehead atoms. The molecule has 5 nitrogen and oxygen atoms in total. The number of pyridine rings is 1. The van der Waals surface area contributed by atoms with Crippen molar-refractivity contribution in [3.63, 3.8) is 0 Å². The second-order valence-electron chi connectivity index (χ2n) is 5.62. The predicted octanol–water partition coefficient (Wildman–Crippen LogP) is 2.18. The minimum absolute atomic E-state index is 0.256. The number of carboxylic acids is 1. The summed E-state index contributed by atoms with van der Waals surface area (Å²) in [6, 6.07) is 5.19. The Labute approximate surface area is 117 Å². The van der Waals surface area contributed by atoms with Gasteiger partial charge in [-0.15, -0.1) is 0 Å². The third-order valence-corrected chi connectivity index (χ3v) is 4.51. The highest BCUT2D eigenvalue weighted by Crippen LogP contribution is 2.41. The highest BCUT2D eigenvalue weighted by Gasteiger charge is 2.45.